The number of amides is 2. The molecule has 0 aliphatic carbocycles. The lowest BCUT2D eigenvalue weighted by Gasteiger charge is -2.14. The maximum atomic E-state index is 11.9. The molecular weight excluding hydrogens is 208 g/mol. The van der Waals surface area contributed by atoms with Gasteiger partial charge in [0.2, 0.25) is 5.91 Å². The highest BCUT2D eigenvalue weighted by Gasteiger charge is 2.30. The topological polar surface area (TPSA) is 105 Å². The molecule has 6 nitrogen and oxygen atoms in total. The number of nitrogens with zero attached hydrogens (tertiary/aromatic N) is 1. The number of rotatable bonds is 2. The van der Waals surface area contributed by atoms with Crippen molar-refractivity contribution in [2.75, 3.05) is 18.8 Å². The van der Waals surface area contributed by atoms with Crippen molar-refractivity contribution < 1.29 is 9.59 Å². The standard InChI is InChI=1S/C10H14N4O2/c11-7-3-8(13-4-7)10(16)14-2-1-6(5-14)9(12)15/h3-4,6,13H,1-2,5,11H2,(H2,12,15). The molecule has 5 N–H and O–H groups in total. The first kappa shape index (κ1) is 10.5. The van der Waals surface area contributed by atoms with Gasteiger partial charge in [-0.1, -0.05) is 0 Å². The lowest BCUT2D eigenvalue weighted by Crippen LogP contribution is -2.31. The summed E-state index contributed by atoms with van der Waals surface area (Å²) in [5, 5.41) is 0. The monoisotopic (exact) mass is 222 g/mol. The molecule has 2 heterocycles. The highest BCUT2D eigenvalue weighted by Crippen LogP contribution is 2.18. The van der Waals surface area contributed by atoms with Crippen molar-refractivity contribution in [3.8, 4) is 0 Å². The van der Waals surface area contributed by atoms with Crippen LogP contribution >= 0.6 is 0 Å². The van der Waals surface area contributed by atoms with Crippen LogP contribution in [-0.2, 0) is 4.79 Å². The van der Waals surface area contributed by atoms with Crippen molar-refractivity contribution in [2.45, 2.75) is 6.42 Å². The van der Waals surface area contributed by atoms with Gasteiger partial charge in [0.05, 0.1) is 5.92 Å². The Balaban J connectivity index is 2.05. The van der Waals surface area contributed by atoms with E-state index >= 15 is 0 Å². The first-order valence-electron chi connectivity index (χ1n) is 5.10. The average molecular weight is 222 g/mol. The minimum Gasteiger partial charge on any atom is -0.397 e. The SMILES string of the molecule is NC(=O)C1CCN(C(=O)c2cc(N)c[nH]2)C1. The lowest BCUT2D eigenvalue weighted by atomic mass is 10.1. The van der Waals surface area contributed by atoms with Crippen molar-refractivity contribution >= 4 is 17.5 Å². The lowest BCUT2D eigenvalue weighted by molar-refractivity contribution is -0.121. The van der Waals surface area contributed by atoms with Crippen LogP contribution in [0.5, 0.6) is 0 Å². The molecule has 1 aromatic heterocycles. The second-order valence-electron chi connectivity index (χ2n) is 3.99. The Labute approximate surface area is 92.6 Å². The summed E-state index contributed by atoms with van der Waals surface area (Å²) in [5.41, 5.74) is 11.7. The van der Waals surface area contributed by atoms with Crippen LogP contribution in [-0.4, -0.2) is 34.8 Å². The van der Waals surface area contributed by atoms with E-state index in [0.717, 1.165) is 0 Å². The van der Waals surface area contributed by atoms with Crippen molar-refractivity contribution in [3.63, 3.8) is 0 Å². The molecule has 1 unspecified atom stereocenters. The van der Waals surface area contributed by atoms with Gasteiger partial charge >= 0.3 is 0 Å². The van der Waals surface area contributed by atoms with Gasteiger partial charge in [0.15, 0.2) is 0 Å². The van der Waals surface area contributed by atoms with E-state index in [2.05, 4.69) is 4.98 Å². The number of likely N-dealkylation sites (tertiary alicyclic amines) is 1. The average Bonchev–Trinajstić information content (AvgIpc) is 2.84. The maximum absolute atomic E-state index is 11.9. The highest BCUT2D eigenvalue weighted by molar-refractivity contribution is 5.94. The number of carbonyl (C=O) groups excluding carboxylic acids is 2. The molecule has 2 rings (SSSR count). The van der Waals surface area contributed by atoms with Crippen molar-refractivity contribution in [2.24, 2.45) is 11.7 Å². The number of nitrogen functional groups attached to an aromatic ring is 1. The van der Waals surface area contributed by atoms with Crippen molar-refractivity contribution in [1.82, 2.24) is 9.88 Å². The Morgan fingerprint density at radius 2 is 2.25 bits per heavy atom. The Bertz CT molecular complexity index is 426. The fourth-order valence-corrected chi connectivity index (χ4v) is 1.88. The van der Waals surface area contributed by atoms with Gasteiger partial charge in [-0.3, -0.25) is 9.59 Å². The van der Waals surface area contributed by atoms with Gasteiger partial charge in [0.25, 0.3) is 5.91 Å². The molecule has 0 aromatic carbocycles. The Morgan fingerprint density at radius 3 is 2.75 bits per heavy atom. The molecule has 16 heavy (non-hydrogen) atoms. The molecule has 1 saturated heterocycles. The predicted octanol–water partition coefficient (Wildman–Crippen LogP) is -0.456. The van der Waals surface area contributed by atoms with E-state index in [9.17, 15) is 9.59 Å². The van der Waals surface area contributed by atoms with E-state index in [1.165, 1.54) is 0 Å². The Morgan fingerprint density at radius 1 is 1.50 bits per heavy atom. The normalized spacial score (nSPS) is 20.0. The smallest absolute Gasteiger partial charge is 0.270 e. The third-order valence-electron chi connectivity index (χ3n) is 2.81. The molecule has 0 bridgehead atoms. The van der Waals surface area contributed by atoms with Crippen molar-refractivity contribution in [3.05, 3.63) is 18.0 Å². The van der Waals surface area contributed by atoms with Gasteiger partial charge in [-0.2, -0.15) is 0 Å². The number of nitrogens with two attached hydrogens (primary N) is 2. The van der Waals surface area contributed by atoms with Gasteiger partial charge in [-0.05, 0) is 12.5 Å². The third kappa shape index (κ3) is 1.86. The van der Waals surface area contributed by atoms with E-state index in [-0.39, 0.29) is 17.7 Å². The number of H-pyrrole nitrogens is 1. The number of primary amides is 1. The molecule has 1 aliphatic rings. The summed E-state index contributed by atoms with van der Waals surface area (Å²) in [5.74, 6) is -0.710. The molecule has 0 radical (unpaired) electrons. The third-order valence-corrected chi connectivity index (χ3v) is 2.81. The van der Waals surface area contributed by atoms with Crippen LogP contribution in [0.15, 0.2) is 12.3 Å². The number of anilines is 1. The number of aromatic nitrogens is 1. The van der Waals surface area contributed by atoms with Gasteiger partial charge < -0.3 is 21.4 Å². The van der Waals surface area contributed by atoms with Crippen LogP contribution < -0.4 is 11.5 Å². The predicted molar refractivity (Wildman–Crippen MR) is 58.4 cm³/mol. The number of hydrogen-bond acceptors (Lipinski definition) is 3. The first-order chi connectivity index (χ1) is 7.58. The molecule has 6 heteroatoms. The second kappa shape index (κ2) is 3.88. The summed E-state index contributed by atoms with van der Waals surface area (Å²) in [6.07, 6.45) is 2.20. The number of hydrogen-bond donors (Lipinski definition) is 3. The first-order valence-corrected chi connectivity index (χ1v) is 5.10. The number of nitrogens with one attached hydrogen (secondary N) is 1. The zero-order chi connectivity index (χ0) is 11.7. The molecule has 2 amide bonds. The van der Waals surface area contributed by atoms with Gasteiger partial charge in [-0.25, -0.2) is 0 Å². The van der Waals surface area contributed by atoms with Gasteiger partial charge in [-0.15, -0.1) is 0 Å². The van der Waals surface area contributed by atoms with E-state index in [0.29, 0.717) is 30.9 Å². The fourth-order valence-electron chi connectivity index (χ4n) is 1.88. The van der Waals surface area contributed by atoms with Crippen LogP contribution in [0.2, 0.25) is 0 Å². The van der Waals surface area contributed by atoms with E-state index in [1.54, 1.807) is 17.2 Å². The van der Waals surface area contributed by atoms with E-state index in [1.807, 2.05) is 0 Å². The highest BCUT2D eigenvalue weighted by atomic mass is 16.2. The number of carbonyl (C=O) groups is 2. The summed E-state index contributed by atoms with van der Waals surface area (Å²) < 4.78 is 0. The molecule has 1 aromatic rings. The molecule has 1 atom stereocenters. The number of aromatic amines is 1. The largest absolute Gasteiger partial charge is 0.397 e. The van der Waals surface area contributed by atoms with E-state index in [4.69, 9.17) is 11.5 Å². The molecule has 1 fully saturated rings. The molecule has 86 valence electrons. The summed E-state index contributed by atoms with van der Waals surface area (Å²) in [7, 11) is 0. The minimum atomic E-state index is -0.346. The van der Waals surface area contributed by atoms with Crippen LogP contribution in [0, 0.1) is 5.92 Å². The Kier molecular flexibility index (Phi) is 2.55. The molecule has 1 aliphatic heterocycles. The quantitative estimate of drug-likeness (QED) is 0.630. The summed E-state index contributed by atoms with van der Waals surface area (Å²) in [6, 6.07) is 1.58. The summed E-state index contributed by atoms with van der Waals surface area (Å²) in [6.45, 7) is 0.957. The van der Waals surface area contributed by atoms with Crippen LogP contribution in [0.3, 0.4) is 0 Å². The van der Waals surface area contributed by atoms with Crippen LogP contribution in [0.25, 0.3) is 0 Å². The minimum absolute atomic E-state index is 0.138. The fraction of sp³-hybridized carbons (Fsp3) is 0.400. The maximum Gasteiger partial charge on any atom is 0.270 e. The summed E-state index contributed by atoms with van der Waals surface area (Å²) in [4.78, 5) is 27.3. The Hall–Kier alpha value is -1.98. The molecular formula is C10H14N4O2. The van der Waals surface area contributed by atoms with Gasteiger partial charge in [0, 0.05) is 25.0 Å². The van der Waals surface area contributed by atoms with Crippen LogP contribution in [0.4, 0.5) is 5.69 Å². The molecule has 0 spiro atoms. The zero-order valence-corrected chi connectivity index (χ0v) is 8.77. The van der Waals surface area contributed by atoms with Crippen molar-refractivity contribution in [1.29, 1.82) is 0 Å². The second-order valence-corrected chi connectivity index (χ2v) is 3.99. The zero-order valence-electron chi connectivity index (χ0n) is 8.77. The van der Waals surface area contributed by atoms with Crippen LogP contribution in [0.1, 0.15) is 16.9 Å². The summed E-state index contributed by atoms with van der Waals surface area (Å²) >= 11 is 0. The molecule has 0 saturated carbocycles. The van der Waals surface area contributed by atoms with Gasteiger partial charge in [0.1, 0.15) is 5.69 Å². The van der Waals surface area contributed by atoms with E-state index < -0.39 is 0 Å².